The number of para-hydroxylation sites is 2. The molecule has 4 nitrogen and oxygen atoms in total. The fourth-order valence-electron chi connectivity index (χ4n) is 2.48. The lowest BCUT2D eigenvalue weighted by Crippen LogP contribution is -2.08. The number of fused-ring (bicyclic) bond motifs is 1. The van der Waals surface area contributed by atoms with E-state index in [2.05, 4.69) is 23.8 Å². The summed E-state index contributed by atoms with van der Waals surface area (Å²) in [6.07, 6.45) is 0. The zero-order valence-corrected chi connectivity index (χ0v) is 14.1. The van der Waals surface area contributed by atoms with Gasteiger partial charge in [-0.3, -0.25) is 0 Å². The number of carbonyl (C=O) groups excluding carboxylic acids is 1. The largest absolute Gasteiger partial charge is 0.456 e. The first-order chi connectivity index (χ1) is 11.5. The van der Waals surface area contributed by atoms with Crippen LogP contribution in [-0.2, 0) is 11.3 Å². The van der Waals surface area contributed by atoms with Crippen LogP contribution in [-0.4, -0.2) is 15.9 Å². The maximum Gasteiger partial charge on any atom is 0.338 e. The Morgan fingerprint density at radius 3 is 2.25 bits per heavy atom. The molecule has 0 bridgehead atoms. The smallest absolute Gasteiger partial charge is 0.338 e. The maximum absolute atomic E-state index is 12.2. The molecule has 0 saturated heterocycles. The molecule has 0 fully saturated rings. The second-order valence-electron chi connectivity index (χ2n) is 6.10. The molecule has 1 heterocycles. The van der Waals surface area contributed by atoms with E-state index in [1.54, 1.807) is 12.1 Å². The fourth-order valence-corrected chi connectivity index (χ4v) is 2.48. The van der Waals surface area contributed by atoms with Crippen LogP contribution in [0.15, 0.2) is 48.5 Å². The van der Waals surface area contributed by atoms with Gasteiger partial charge in [0.25, 0.3) is 0 Å². The van der Waals surface area contributed by atoms with Crippen LogP contribution >= 0.6 is 0 Å². The molecule has 4 heteroatoms. The zero-order valence-electron chi connectivity index (χ0n) is 14.1. The van der Waals surface area contributed by atoms with E-state index in [0.29, 0.717) is 17.2 Å². The monoisotopic (exact) mass is 320 g/mol. The number of nitrogens with zero attached hydrogens (tertiary/aromatic N) is 2. The molecule has 0 aliphatic carbocycles. The van der Waals surface area contributed by atoms with Crippen molar-refractivity contribution in [3.05, 3.63) is 71.0 Å². The first kappa shape index (κ1) is 16.1. The summed E-state index contributed by atoms with van der Waals surface area (Å²) in [7, 11) is 0. The molecular weight excluding hydrogens is 300 g/mol. The third kappa shape index (κ3) is 3.43. The van der Waals surface area contributed by atoms with Crippen LogP contribution in [0, 0.1) is 6.92 Å². The summed E-state index contributed by atoms with van der Waals surface area (Å²) in [6.45, 7) is 6.23. The second kappa shape index (κ2) is 6.79. The van der Waals surface area contributed by atoms with Gasteiger partial charge in [-0.15, -0.1) is 0 Å². The van der Waals surface area contributed by atoms with Gasteiger partial charge in [-0.05, 0) is 42.7 Å². The van der Waals surface area contributed by atoms with Gasteiger partial charge in [-0.25, -0.2) is 14.8 Å². The van der Waals surface area contributed by atoms with Gasteiger partial charge in [0.2, 0.25) is 0 Å². The van der Waals surface area contributed by atoms with E-state index < -0.39 is 0 Å². The summed E-state index contributed by atoms with van der Waals surface area (Å²) in [6, 6.07) is 15.2. The van der Waals surface area contributed by atoms with E-state index in [-0.39, 0.29) is 12.6 Å². The Bertz CT molecular complexity index is 870. The first-order valence-electron chi connectivity index (χ1n) is 8.04. The lowest BCUT2D eigenvalue weighted by molar-refractivity contribution is 0.0467. The number of hydrogen-bond acceptors (Lipinski definition) is 4. The minimum atomic E-state index is -0.348. The highest BCUT2D eigenvalue weighted by atomic mass is 16.5. The molecule has 0 spiro atoms. The van der Waals surface area contributed by atoms with Gasteiger partial charge in [-0.1, -0.05) is 38.1 Å². The topological polar surface area (TPSA) is 52.1 Å². The molecule has 1 aromatic heterocycles. The molecule has 0 aliphatic rings. The first-order valence-corrected chi connectivity index (χ1v) is 8.04. The van der Waals surface area contributed by atoms with Crippen LogP contribution < -0.4 is 0 Å². The van der Waals surface area contributed by atoms with E-state index in [4.69, 9.17) is 4.74 Å². The van der Waals surface area contributed by atoms with Crippen LogP contribution in [0.2, 0.25) is 0 Å². The van der Waals surface area contributed by atoms with Crippen LogP contribution in [0.25, 0.3) is 11.0 Å². The Hall–Kier alpha value is -2.75. The molecule has 0 unspecified atom stereocenters. The zero-order chi connectivity index (χ0) is 17.1. The van der Waals surface area contributed by atoms with Gasteiger partial charge in [0, 0.05) is 0 Å². The minimum Gasteiger partial charge on any atom is -0.456 e. The number of carbonyl (C=O) groups is 1. The van der Waals surface area contributed by atoms with Gasteiger partial charge in [-0.2, -0.15) is 0 Å². The number of aryl methyl sites for hydroxylation is 1. The molecule has 0 N–H and O–H groups in total. The van der Waals surface area contributed by atoms with Crippen molar-refractivity contribution in [1.82, 2.24) is 9.97 Å². The molecule has 2 aromatic carbocycles. The molecule has 3 aromatic rings. The van der Waals surface area contributed by atoms with Crippen molar-refractivity contribution < 1.29 is 9.53 Å². The van der Waals surface area contributed by atoms with Crippen molar-refractivity contribution in [3.8, 4) is 0 Å². The number of esters is 1. The lowest BCUT2D eigenvalue weighted by atomic mass is 10.0. The van der Waals surface area contributed by atoms with Gasteiger partial charge in [0.05, 0.1) is 28.0 Å². The van der Waals surface area contributed by atoms with E-state index in [1.807, 2.05) is 43.3 Å². The molecule has 0 radical (unpaired) electrons. The number of hydrogen-bond donors (Lipinski definition) is 0. The molecule has 0 saturated carbocycles. The third-order valence-corrected chi connectivity index (χ3v) is 4.00. The maximum atomic E-state index is 12.2. The summed E-state index contributed by atoms with van der Waals surface area (Å²) in [4.78, 5) is 21.2. The molecular formula is C20H20N2O2. The molecule has 122 valence electrons. The third-order valence-electron chi connectivity index (χ3n) is 4.00. The van der Waals surface area contributed by atoms with Crippen molar-refractivity contribution in [1.29, 1.82) is 0 Å². The number of ether oxygens (including phenoxy) is 1. The van der Waals surface area contributed by atoms with Crippen molar-refractivity contribution in [3.63, 3.8) is 0 Å². The van der Waals surface area contributed by atoms with Crippen molar-refractivity contribution in [2.24, 2.45) is 0 Å². The Labute approximate surface area is 141 Å². The lowest BCUT2D eigenvalue weighted by Gasteiger charge is -2.09. The average molecular weight is 320 g/mol. The Balaban J connectivity index is 1.73. The second-order valence-corrected chi connectivity index (χ2v) is 6.10. The van der Waals surface area contributed by atoms with Crippen molar-refractivity contribution >= 4 is 17.0 Å². The predicted molar refractivity (Wildman–Crippen MR) is 93.9 cm³/mol. The molecule has 0 amide bonds. The summed E-state index contributed by atoms with van der Waals surface area (Å²) in [5, 5.41) is 0. The SMILES string of the molecule is Cc1nc2ccccc2nc1COC(=O)c1ccc(C(C)C)cc1. The molecule has 3 rings (SSSR count). The van der Waals surface area contributed by atoms with E-state index in [9.17, 15) is 4.79 Å². The highest BCUT2D eigenvalue weighted by Gasteiger charge is 2.11. The van der Waals surface area contributed by atoms with Gasteiger partial charge in [0.15, 0.2) is 0 Å². The Kier molecular flexibility index (Phi) is 4.56. The van der Waals surface area contributed by atoms with E-state index >= 15 is 0 Å². The summed E-state index contributed by atoms with van der Waals surface area (Å²) < 4.78 is 5.40. The minimum absolute atomic E-state index is 0.119. The van der Waals surface area contributed by atoms with Gasteiger partial charge in [0.1, 0.15) is 6.61 Å². The normalized spacial score (nSPS) is 11.0. The predicted octanol–water partition coefficient (Wildman–Crippen LogP) is 4.42. The number of rotatable bonds is 4. The molecule has 0 atom stereocenters. The Morgan fingerprint density at radius 2 is 1.62 bits per heavy atom. The highest BCUT2D eigenvalue weighted by molar-refractivity contribution is 5.89. The average Bonchev–Trinajstić information content (AvgIpc) is 2.59. The quantitative estimate of drug-likeness (QED) is 0.668. The van der Waals surface area contributed by atoms with Crippen molar-refractivity contribution in [2.75, 3.05) is 0 Å². The van der Waals surface area contributed by atoms with Crippen LogP contribution in [0.1, 0.15) is 47.1 Å². The number of benzene rings is 2. The van der Waals surface area contributed by atoms with Crippen LogP contribution in [0.3, 0.4) is 0 Å². The van der Waals surface area contributed by atoms with Crippen LogP contribution in [0.4, 0.5) is 0 Å². The molecule has 24 heavy (non-hydrogen) atoms. The fraction of sp³-hybridized carbons (Fsp3) is 0.250. The summed E-state index contributed by atoms with van der Waals surface area (Å²) >= 11 is 0. The summed E-state index contributed by atoms with van der Waals surface area (Å²) in [5.74, 6) is 0.0882. The highest BCUT2D eigenvalue weighted by Crippen LogP contribution is 2.16. The van der Waals surface area contributed by atoms with E-state index in [0.717, 1.165) is 16.7 Å². The Morgan fingerprint density at radius 1 is 1.00 bits per heavy atom. The van der Waals surface area contributed by atoms with Gasteiger partial charge < -0.3 is 4.74 Å². The van der Waals surface area contributed by atoms with Crippen LogP contribution in [0.5, 0.6) is 0 Å². The van der Waals surface area contributed by atoms with E-state index in [1.165, 1.54) is 5.56 Å². The van der Waals surface area contributed by atoms with Crippen molar-refractivity contribution in [2.45, 2.75) is 33.3 Å². The standard InChI is InChI=1S/C20H20N2O2/c1-13(2)15-8-10-16(11-9-15)20(23)24-12-19-14(3)21-17-6-4-5-7-18(17)22-19/h4-11,13H,12H2,1-3H3. The van der Waals surface area contributed by atoms with Gasteiger partial charge >= 0.3 is 5.97 Å². The number of aromatic nitrogens is 2. The molecule has 0 aliphatic heterocycles. The summed E-state index contributed by atoms with van der Waals surface area (Å²) in [5.41, 5.74) is 4.84.